The number of nitrogens with zero attached hydrogens (tertiary/aromatic N) is 1. The number of fused-ring (bicyclic) bond motifs is 1. The van der Waals surface area contributed by atoms with Gasteiger partial charge in [0.05, 0.1) is 27.9 Å². The highest BCUT2D eigenvalue weighted by Gasteiger charge is 2.34. The Bertz CT molecular complexity index is 1480. The molecule has 0 atom stereocenters. The number of amides is 1. The zero-order valence-corrected chi connectivity index (χ0v) is 24.6. The Hall–Kier alpha value is -2.69. The molecule has 0 spiro atoms. The minimum absolute atomic E-state index is 0.114. The number of H-pyrrole nitrogens is 1. The highest BCUT2D eigenvalue weighted by atomic mass is 35.5. The normalized spacial score (nSPS) is 15.8. The van der Waals surface area contributed by atoms with Gasteiger partial charge in [0.25, 0.3) is 10.0 Å². The van der Waals surface area contributed by atoms with Crippen molar-refractivity contribution in [2.45, 2.75) is 57.5 Å². The molecule has 0 radical (unpaired) electrons. The molecule has 2 aromatic carbocycles. The zero-order chi connectivity index (χ0) is 28.6. The Kier molecular flexibility index (Phi) is 8.31. The number of sulfonamides is 1. The van der Waals surface area contributed by atoms with Gasteiger partial charge in [0.15, 0.2) is 11.6 Å². The van der Waals surface area contributed by atoms with Crippen molar-refractivity contribution in [3.8, 4) is 5.75 Å². The summed E-state index contributed by atoms with van der Waals surface area (Å²) in [4.78, 5) is 16.4. The molecule has 8 nitrogen and oxygen atoms in total. The minimum atomic E-state index is -4.31. The van der Waals surface area contributed by atoms with Gasteiger partial charge in [0.1, 0.15) is 10.5 Å². The van der Waals surface area contributed by atoms with Crippen molar-refractivity contribution in [3.63, 3.8) is 0 Å². The van der Waals surface area contributed by atoms with Crippen LogP contribution in [0.4, 0.5) is 14.9 Å². The van der Waals surface area contributed by atoms with Crippen LogP contribution in [0.1, 0.15) is 47.0 Å². The maximum Gasteiger partial charge on any atom is 0.410 e. The van der Waals surface area contributed by atoms with Crippen LogP contribution in [0, 0.1) is 11.2 Å². The largest absolute Gasteiger partial charge is 0.490 e. The van der Waals surface area contributed by atoms with Crippen molar-refractivity contribution < 1.29 is 27.1 Å². The number of carbonyl (C=O) groups is 1. The number of piperidine rings is 1. The lowest BCUT2D eigenvalue weighted by Crippen LogP contribution is -2.44. The van der Waals surface area contributed by atoms with Crippen molar-refractivity contribution >= 4 is 55.9 Å². The Labute approximate surface area is 237 Å². The van der Waals surface area contributed by atoms with Crippen LogP contribution in [0.2, 0.25) is 10.0 Å². The fraction of sp³-hybridized carbons (Fsp3) is 0.444. The second-order valence-corrected chi connectivity index (χ2v) is 13.5. The van der Waals surface area contributed by atoms with E-state index >= 15 is 4.39 Å². The van der Waals surface area contributed by atoms with Crippen LogP contribution in [0.15, 0.2) is 41.4 Å². The Morgan fingerprint density at radius 3 is 2.51 bits per heavy atom. The second-order valence-electron chi connectivity index (χ2n) is 11.0. The molecule has 1 aromatic heterocycles. The average molecular weight is 601 g/mol. The van der Waals surface area contributed by atoms with Crippen LogP contribution in [0.5, 0.6) is 5.75 Å². The number of hydrogen-bond acceptors (Lipinski definition) is 5. The summed E-state index contributed by atoms with van der Waals surface area (Å²) in [6.45, 7) is 8.91. The monoisotopic (exact) mass is 599 g/mol. The van der Waals surface area contributed by atoms with Crippen LogP contribution in [0.3, 0.4) is 0 Å². The van der Waals surface area contributed by atoms with Crippen LogP contribution >= 0.6 is 23.2 Å². The zero-order valence-electron chi connectivity index (χ0n) is 22.2. The maximum atomic E-state index is 15.3. The van der Waals surface area contributed by atoms with E-state index in [2.05, 4.69) is 16.6 Å². The van der Waals surface area contributed by atoms with Crippen LogP contribution in [0.25, 0.3) is 10.9 Å². The van der Waals surface area contributed by atoms with Gasteiger partial charge in [-0.3, -0.25) is 4.72 Å². The lowest BCUT2D eigenvalue weighted by molar-refractivity contribution is 0.00972. The van der Waals surface area contributed by atoms with E-state index in [0.29, 0.717) is 40.5 Å². The van der Waals surface area contributed by atoms with E-state index in [9.17, 15) is 13.2 Å². The third-order valence-corrected chi connectivity index (χ3v) is 8.78. The van der Waals surface area contributed by atoms with Gasteiger partial charge in [-0.1, -0.05) is 36.2 Å². The number of rotatable bonds is 7. The number of anilines is 1. The number of hydrogen-bond donors (Lipinski definition) is 2. The van der Waals surface area contributed by atoms with Gasteiger partial charge in [-0.25, -0.2) is 17.6 Å². The smallest absolute Gasteiger partial charge is 0.410 e. The Morgan fingerprint density at radius 2 is 1.85 bits per heavy atom. The number of halogens is 3. The van der Waals surface area contributed by atoms with Crippen molar-refractivity contribution in [1.29, 1.82) is 0 Å². The Balaban J connectivity index is 1.40. The fourth-order valence-corrected chi connectivity index (χ4v) is 6.20. The first-order valence-electron chi connectivity index (χ1n) is 12.6. The van der Waals surface area contributed by atoms with Gasteiger partial charge in [-0.2, -0.15) is 0 Å². The SMILES string of the molecule is CC1(CCOc2cccc(S(=O)(=O)Nc3ccc(Cl)c4c(Cl)c[nH]c34)c2F)CCN(C(=O)OC(C)(C)C)CC1. The van der Waals surface area contributed by atoms with Gasteiger partial charge in [-0.05, 0) is 69.7 Å². The molecule has 2 heterocycles. The molecule has 3 aromatic rings. The summed E-state index contributed by atoms with van der Waals surface area (Å²) in [7, 11) is -4.31. The average Bonchev–Trinajstić information content (AvgIpc) is 3.24. The van der Waals surface area contributed by atoms with Gasteiger partial charge in [0.2, 0.25) is 0 Å². The van der Waals surface area contributed by atoms with E-state index in [-0.39, 0.29) is 29.6 Å². The predicted molar refractivity (Wildman–Crippen MR) is 151 cm³/mol. The minimum Gasteiger partial charge on any atom is -0.490 e. The molecule has 0 bridgehead atoms. The van der Waals surface area contributed by atoms with E-state index in [4.69, 9.17) is 32.7 Å². The van der Waals surface area contributed by atoms with E-state index in [1.807, 2.05) is 20.8 Å². The first-order chi connectivity index (χ1) is 18.2. The van der Waals surface area contributed by atoms with Crippen molar-refractivity contribution in [2.24, 2.45) is 5.41 Å². The summed E-state index contributed by atoms with van der Waals surface area (Å²) in [6.07, 6.45) is 3.27. The fourth-order valence-electron chi connectivity index (χ4n) is 4.48. The third kappa shape index (κ3) is 6.73. The third-order valence-electron chi connectivity index (χ3n) is 6.78. The summed E-state index contributed by atoms with van der Waals surface area (Å²) < 4.78 is 55.2. The van der Waals surface area contributed by atoms with Crippen LogP contribution < -0.4 is 9.46 Å². The lowest BCUT2D eigenvalue weighted by atomic mass is 9.78. The Morgan fingerprint density at radius 1 is 1.15 bits per heavy atom. The van der Waals surface area contributed by atoms with Crippen molar-refractivity contribution in [3.05, 3.63) is 52.4 Å². The molecule has 0 unspecified atom stereocenters. The molecule has 1 aliphatic heterocycles. The van der Waals surface area contributed by atoms with E-state index < -0.39 is 26.3 Å². The predicted octanol–water partition coefficient (Wildman–Crippen LogP) is 7.22. The van der Waals surface area contributed by atoms with Crippen molar-refractivity contribution in [1.82, 2.24) is 9.88 Å². The van der Waals surface area contributed by atoms with Crippen LogP contribution in [-0.2, 0) is 14.8 Å². The van der Waals surface area contributed by atoms with E-state index in [1.165, 1.54) is 36.5 Å². The number of benzene rings is 2. The topological polar surface area (TPSA) is 101 Å². The maximum absolute atomic E-state index is 15.3. The molecule has 39 heavy (non-hydrogen) atoms. The van der Waals surface area contributed by atoms with Gasteiger partial charge in [0, 0.05) is 24.7 Å². The summed E-state index contributed by atoms with van der Waals surface area (Å²) >= 11 is 12.3. The molecule has 0 aliphatic carbocycles. The first kappa shape index (κ1) is 29.3. The van der Waals surface area contributed by atoms with Gasteiger partial charge in [-0.15, -0.1) is 0 Å². The van der Waals surface area contributed by atoms with Crippen LogP contribution in [-0.4, -0.2) is 49.7 Å². The quantitative estimate of drug-likeness (QED) is 0.298. The number of ether oxygens (including phenoxy) is 2. The standard InChI is InChI=1S/C27H32Cl2FN3O5S/c1-26(2,3)38-25(34)33-13-10-27(4,11-14-33)12-15-37-20-6-5-7-21(23(20)30)39(35,36)32-19-9-8-17(28)22-18(29)16-31-24(19)22/h5-9,16,31-32H,10-15H2,1-4H3. The molecule has 4 rings (SSSR count). The molecular weight excluding hydrogens is 568 g/mol. The summed E-state index contributed by atoms with van der Waals surface area (Å²) in [5, 5.41) is 1.15. The van der Waals surface area contributed by atoms with E-state index in [1.54, 1.807) is 4.90 Å². The number of nitrogens with one attached hydrogen (secondary N) is 2. The second kappa shape index (κ2) is 11.1. The molecule has 1 aliphatic rings. The number of carbonyl (C=O) groups excluding carboxylic acids is 1. The van der Waals surface area contributed by atoms with Crippen molar-refractivity contribution in [2.75, 3.05) is 24.4 Å². The number of likely N-dealkylation sites (tertiary alicyclic amines) is 1. The highest BCUT2D eigenvalue weighted by Crippen LogP contribution is 2.37. The highest BCUT2D eigenvalue weighted by molar-refractivity contribution is 7.92. The summed E-state index contributed by atoms with van der Waals surface area (Å²) in [6, 6.07) is 6.98. The molecule has 1 amide bonds. The molecule has 1 saturated heterocycles. The molecule has 0 saturated carbocycles. The molecule has 2 N–H and O–H groups in total. The lowest BCUT2D eigenvalue weighted by Gasteiger charge is -2.39. The van der Waals surface area contributed by atoms with Gasteiger partial charge < -0.3 is 19.4 Å². The summed E-state index contributed by atoms with van der Waals surface area (Å²) in [5.41, 5.74) is -0.103. The van der Waals surface area contributed by atoms with Gasteiger partial charge >= 0.3 is 6.09 Å². The molecule has 12 heteroatoms. The summed E-state index contributed by atoms with van der Waals surface area (Å²) in [5.74, 6) is -1.14. The number of aromatic nitrogens is 1. The molecule has 212 valence electrons. The molecular formula is C27H32Cl2FN3O5S. The van der Waals surface area contributed by atoms with E-state index in [0.717, 1.165) is 12.8 Å². The first-order valence-corrected chi connectivity index (χ1v) is 14.8. The molecule has 1 fully saturated rings. The number of aromatic amines is 1.